The summed E-state index contributed by atoms with van der Waals surface area (Å²) in [4.78, 5) is 11.9. The minimum absolute atomic E-state index is 0.291. The van der Waals surface area contributed by atoms with Crippen LogP contribution in [0.25, 0.3) is 0 Å². The molecule has 7 heteroatoms. The topological polar surface area (TPSA) is 43.3 Å². The number of nitrogens with one attached hydrogen (secondary N) is 1. The van der Waals surface area contributed by atoms with Crippen LogP contribution in [0.5, 0.6) is 5.75 Å². The first-order valence-electron chi connectivity index (χ1n) is 5.77. The number of fused-ring (bicyclic) bond motifs is 1. The van der Waals surface area contributed by atoms with Crippen LogP contribution in [-0.2, 0) is 4.79 Å². The Morgan fingerprint density at radius 3 is 2.55 bits per heavy atom. The van der Waals surface area contributed by atoms with Crippen LogP contribution < -0.4 is 10.1 Å². The van der Waals surface area contributed by atoms with E-state index in [-0.39, 0.29) is 11.7 Å². The number of carbonyl (C=O) groups excluding carboxylic acids is 1. The molecule has 1 aromatic carbocycles. The summed E-state index contributed by atoms with van der Waals surface area (Å²) in [5.41, 5.74) is 0.941. The van der Waals surface area contributed by atoms with Crippen LogP contribution in [0.15, 0.2) is 42.7 Å². The summed E-state index contributed by atoms with van der Waals surface area (Å²) >= 11 is 0. The zero-order valence-corrected chi connectivity index (χ0v) is 10.0. The fraction of sp³-hybridized carbons (Fsp3) is 0.154. The molecule has 1 amide bonds. The summed E-state index contributed by atoms with van der Waals surface area (Å²) in [7, 11) is 0. The Bertz CT molecular complexity index is 650. The van der Waals surface area contributed by atoms with Gasteiger partial charge in [0, 0.05) is 23.6 Å². The summed E-state index contributed by atoms with van der Waals surface area (Å²) in [5.74, 6) is -0.634. The van der Waals surface area contributed by atoms with Crippen LogP contribution in [0.1, 0.15) is 11.6 Å². The standard InChI is InChI=1S/C13H9F3N2O2/c14-13(15,16)20-8-3-4-10-9(7-8)11(12(19)17-10)18-5-1-2-6-18/h1-7,11H,(H,17,19). The molecule has 2 heterocycles. The fourth-order valence-corrected chi connectivity index (χ4v) is 2.24. The molecule has 0 aliphatic carbocycles. The molecule has 0 saturated heterocycles. The minimum Gasteiger partial charge on any atom is -0.406 e. The number of alkyl halides is 3. The number of aromatic nitrogens is 1. The van der Waals surface area contributed by atoms with Crippen LogP contribution in [0.4, 0.5) is 18.9 Å². The van der Waals surface area contributed by atoms with Gasteiger partial charge < -0.3 is 14.6 Å². The Balaban J connectivity index is 2.00. The molecular weight excluding hydrogens is 273 g/mol. The van der Waals surface area contributed by atoms with Crippen LogP contribution >= 0.6 is 0 Å². The van der Waals surface area contributed by atoms with E-state index in [1.165, 1.54) is 18.2 Å². The van der Waals surface area contributed by atoms with Gasteiger partial charge in [0.2, 0.25) is 0 Å². The molecule has 3 rings (SSSR count). The quantitative estimate of drug-likeness (QED) is 0.920. The van der Waals surface area contributed by atoms with Gasteiger partial charge in [-0.15, -0.1) is 13.2 Å². The van der Waals surface area contributed by atoms with Crippen molar-refractivity contribution in [3.8, 4) is 5.75 Å². The van der Waals surface area contributed by atoms with E-state index in [4.69, 9.17) is 0 Å². The second kappa shape index (κ2) is 4.29. The number of ether oxygens (including phenoxy) is 1. The predicted molar refractivity (Wildman–Crippen MR) is 64.3 cm³/mol. The molecule has 1 unspecified atom stereocenters. The fourth-order valence-electron chi connectivity index (χ4n) is 2.24. The Morgan fingerprint density at radius 1 is 1.20 bits per heavy atom. The number of hydrogen-bond acceptors (Lipinski definition) is 2. The van der Waals surface area contributed by atoms with Gasteiger partial charge in [0.1, 0.15) is 11.8 Å². The van der Waals surface area contributed by atoms with Crippen LogP contribution in [0, 0.1) is 0 Å². The van der Waals surface area contributed by atoms with Gasteiger partial charge in [-0.25, -0.2) is 0 Å². The van der Waals surface area contributed by atoms with E-state index in [1.54, 1.807) is 29.1 Å². The highest BCUT2D eigenvalue weighted by atomic mass is 19.4. The highest BCUT2D eigenvalue weighted by Gasteiger charge is 2.35. The number of amides is 1. The lowest BCUT2D eigenvalue weighted by molar-refractivity contribution is -0.274. The maximum atomic E-state index is 12.2. The number of halogens is 3. The lowest BCUT2D eigenvalue weighted by atomic mass is 10.1. The third-order valence-corrected chi connectivity index (χ3v) is 2.98. The van der Waals surface area contributed by atoms with E-state index >= 15 is 0 Å². The van der Waals surface area contributed by atoms with Gasteiger partial charge in [-0.1, -0.05) is 0 Å². The smallest absolute Gasteiger partial charge is 0.406 e. The Kier molecular flexibility index (Phi) is 2.70. The maximum Gasteiger partial charge on any atom is 0.573 e. The number of anilines is 1. The van der Waals surface area contributed by atoms with Crippen molar-refractivity contribution in [2.75, 3.05) is 5.32 Å². The molecule has 20 heavy (non-hydrogen) atoms. The van der Waals surface area contributed by atoms with Crippen molar-refractivity contribution < 1.29 is 22.7 Å². The molecule has 0 saturated carbocycles. The first-order chi connectivity index (χ1) is 9.44. The second-order valence-electron chi connectivity index (χ2n) is 4.32. The Labute approximate surface area is 111 Å². The molecule has 104 valence electrons. The van der Waals surface area contributed by atoms with Gasteiger partial charge in [0.05, 0.1) is 0 Å². The number of nitrogens with zero attached hydrogens (tertiary/aromatic N) is 1. The van der Waals surface area contributed by atoms with E-state index in [0.717, 1.165) is 0 Å². The number of rotatable bonds is 2. The van der Waals surface area contributed by atoms with E-state index in [2.05, 4.69) is 10.1 Å². The van der Waals surface area contributed by atoms with E-state index in [9.17, 15) is 18.0 Å². The largest absolute Gasteiger partial charge is 0.573 e. The lowest BCUT2D eigenvalue weighted by Gasteiger charge is -2.13. The molecule has 1 aliphatic heterocycles. The normalized spacial score (nSPS) is 17.8. The van der Waals surface area contributed by atoms with Crippen molar-refractivity contribution in [3.05, 3.63) is 48.3 Å². The van der Waals surface area contributed by atoms with Crippen LogP contribution in [0.3, 0.4) is 0 Å². The second-order valence-corrected chi connectivity index (χ2v) is 4.32. The zero-order chi connectivity index (χ0) is 14.3. The summed E-state index contributed by atoms with van der Waals surface area (Å²) in [6.45, 7) is 0. The van der Waals surface area contributed by atoms with Gasteiger partial charge in [0.15, 0.2) is 0 Å². The molecule has 0 radical (unpaired) electrons. The van der Waals surface area contributed by atoms with Gasteiger partial charge in [0.25, 0.3) is 5.91 Å². The Hall–Kier alpha value is -2.44. The third-order valence-electron chi connectivity index (χ3n) is 2.98. The summed E-state index contributed by atoms with van der Waals surface area (Å²) in [6, 6.07) is 6.59. The van der Waals surface area contributed by atoms with Crippen LogP contribution in [-0.4, -0.2) is 16.8 Å². The van der Waals surface area contributed by atoms with Gasteiger partial charge in [-0.2, -0.15) is 0 Å². The number of hydrogen-bond donors (Lipinski definition) is 1. The first kappa shape index (κ1) is 12.6. The third kappa shape index (κ3) is 2.22. The molecule has 0 spiro atoms. The van der Waals surface area contributed by atoms with Crippen molar-refractivity contribution in [1.82, 2.24) is 4.57 Å². The lowest BCUT2D eigenvalue weighted by Crippen LogP contribution is -2.19. The van der Waals surface area contributed by atoms with Crippen molar-refractivity contribution >= 4 is 11.6 Å². The highest BCUT2D eigenvalue weighted by molar-refractivity contribution is 6.03. The molecule has 1 N–H and O–H groups in total. The maximum absolute atomic E-state index is 12.2. The van der Waals surface area contributed by atoms with Gasteiger partial charge in [-0.3, -0.25) is 4.79 Å². The summed E-state index contributed by atoms with van der Waals surface area (Å²) in [6.07, 6.45) is -1.40. The monoisotopic (exact) mass is 282 g/mol. The SMILES string of the molecule is O=C1Nc2ccc(OC(F)(F)F)cc2C1n1cccc1. The molecule has 0 bridgehead atoms. The first-order valence-corrected chi connectivity index (χ1v) is 5.77. The molecule has 0 fully saturated rings. The van der Waals surface area contributed by atoms with Crippen LogP contribution in [0.2, 0.25) is 0 Å². The number of carbonyl (C=O) groups is 1. The molecule has 1 atom stereocenters. The average molecular weight is 282 g/mol. The zero-order valence-electron chi connectivity index (χ0n) is 10.0. The van der Waals surface area contributed by atoms with Crippen molar-refractivity contribution in [3.63, 3.8) is 0 Å². The molecular formula is C13H9F3N2O2. The minimum atomic E-state index is -4.76. The summed E-state index contributed by atoms with van der Waals surface area (Å²) < 4.78 is 42.2. The molecule has 1 aromatic heterocycles. The predicted octanol–water partition coefficient (Wildman–Crippen LogP) is 2.93. The average Bonchev–Trinajstić information content (AvgIpc) is 2.92. The molecule has 1 aliphatic rings. The highest BCUT2D eigenvalue weighted by Crippen LogP contribution is 2.37. The van der Waals surface area contributed by atoms with E-state index in [1.807, 2.05) is 0 Å². The summed E-state index contributed by atoms with van der Waals surface area (Å²) in [5, 5.41) is 2.63. The van der Waals surface area contributed by atoms with E-state index < -0.39 is 12.4 Å². The molecule has 2 aromatic rings. The van der Waals surface area contributed by atoms with Crippen molar-refractivity contribution in [2.24, 2.45) is 0 Å². The number of benzene rings is 1. The van der Waals surface area contributed by atoms with E-state index in [0.29, 0.717) is 11.3 Å². The van der Waals surface area contributed by atoms with Crippen molar-refractivity contribution in [1.29, 1.82) is 0 Å². The van der Waals surface area contributed by atoms with Gasteiger partial charge >= 0.3 is 6.36 Å². The van der Waals surface area contributed by atoms with Crippen molar-refractivity contribution in [2.45, 2.75) is 12.4 Å². The van der Waals surface area contributed by atoms with Gasteiger partial charge in [-0.05, 0) is 30.3 Å². The Morgan fingerprint density at radius 2 is 1.90 bits per heavy atom. The molecule has 4 nitrogen and oxygen atoms in total.